The van der Waals surface area contributed by atoms with Gasteiger partial charge in [-0.05, 0) is 63.5 Å². The van der Waals surface area contributed by atoms with Gasteiger partial charge in [0.05, 0.1) is 29.2 Å². The molecule has 1 amide bonds. The van der Waals surface area contributed by atoms with Gasteiger partial charge < -0.3 is 4.74 Å². The molecule has 0 spiro atoms. The molecule has 0 unspecified atom stereocenters. The SMILES string of the molecule is COc1ccc(/C=C2/C=C(c3ccccc3)N(c3cccnc3)C2=O)cc1Br. The standard InChI is InChI=1S/C23H17BrN2O2/c1-28-22-10-9-16(13-20(22)24)12-18-14-21(17-6-3-2-4-7-17)26(23(18)27)19-8-5-11-25-15-19/h2-15H,1H3/b18-12-. The quantitative estimate of drug-likeness (QED) is 0.523. The summed E-state index contributed by atoms with van der Waals surface area (Å²) in [6.45, 7) is 0. The molecule has 0 saturated heterocycles. The molecule has 4 nitrogen and oxygen atoms in total. The number of aromatic nitrogens is 1. The zero-order valence-corrected chi connectivity index (χ0v) is 16.8. The summed E-state index contributed by atoms with van der Waals surface area (Å²) in [7, 11) is 1.62. The number of carbonyl (C=O) groups excluding carboxylic acids is 1. The molecule has 0 N–H and O–H groups in total. The van der Waals surface area contributed by atoms with Crippen LogP contribution in [0, 0.1) is 0 Å². The molecule has 0 radical (unpaired) electrons. The molecule has 2 aromatic carbocycles. The number of amides is 1. The van der Waals surface area contributed by atoms with E-state index in [-0.39, 0.29) is 5.91 Å². The fourth-order valence-electron chi connectivity index (χ4n) is 3.13. The molecule has 0 fully saturated rings. The van der Waals surface area contributed by atoms with Crippen molar-refractivity contribution in [3.8, 4) is 5.75 Å². The smallest absolute Gasteiger partial charge is 0.263 e. The number of rotatable bonds is 4. The van der Waals surface area contributed by atoms with E-state index in [9.17, 15) is 4.79 Å². The zero-order valence-electron chi connectivity index (χ0n) is 15.2. The topological polar surface area (TPSA) is 42.4 Å². The van der Waals surface area contributed by atoms with Crippen LogP contribution in [0.1, 0.15) is 11.1 Å². The molecule has 0 atom stereocenters. The third-order valence-electron chi connectivity index (χ3n) is 4.45. The summed E-state index contributed by atoms with van der Waals surface area (Å²) < 4.78 is 6.12. The zero-order chi connectivity index (χ0) is 19.5. The van der Waals surface area contributed by atoms with E-state index >= 15 is 0 Å². The molecule has 1 aliphatic rings. The summed E-state index contributed by atoms with van der Waals surface area (Å²) in [5, 5.41) is 0. The van der Waals surface area contributed by atoms with Crippen molar-refractivity contribution in [2.24, 2.45) is 0 Å². The van der Waals surface area contributed by atoms with E-state index in [1.807, 2.05) is 72.8 Å². The summed E-state index contributed by atoms with van der Waals surface area (Å²) in [5.41, 5.74) is 4.06. The van der Waals surface area contributed by atoms with Crippen LogP contribution in [0.25, 0.3) is 11.8 Å². The van der Waals surface area contributed by atoms with Crippen LogP contribution < -0.4 is 9.64 Å². The fraction of sp³-hybridized carbons (Fsp3) is 0.0435. The molecule has 4 rings (SSSR count). The molecule has 138 valence electrons. The minimum absolute atomic E-state index is 0.0845. The van der Waals surface area contributed by atoms with Crippen LogP contribution in [0.15, 0.2) is 89.2 Å². The predicted molar refractivity (Wildman–Crippen MR) is 115 cm³/mol. The van der Waals surface area contributed by atoms with E-state index < -0.39 is 0 Å². The van der Waals surface area contributed by atoms with Crippen molar-refractivity contribution in [3.63, 3.8) is 0 Å². The van der Waals surface area contributed by atoms with Gasteiger partial charge in [0.2, 0.25) is 0 Å². The summed E-state index contributed by atoms with van der Waals surface area (Å²) in [5.74, 6) is 0.663. The maximum absolute atomic E-state index is 13.2. The van der Waals surface area contributed by atoms with Crippen molar-refractivity contribution in [1.29, 1.82) is 0 Å². The third-order valence-corrected chi connectivity index (χ3v) is 5.07. The number of nitrogens with zero attached hydrogens (tertiary/aromatic N) is 2. The molecule has 28 heavy (non-hydrogen) atoms. The van der Waals surface area contributed by atoms with E-state index in [1.54, 1.807) is 24.4 Å². The number of benzene rings is 2. The highest BCUT2D eigenvalue weighted by molar-refractivity contribution is 9.10. The number of anilines is 1. The molecule has 0 aliphatic carbocycles. The Balaban J connectivity index is 1.79. The Morgan fingerprint density at radius 2 is 1.89 bits per heavy atom. The van der Waals surface area contributed by atoms with Crippen LogP contribution >= 0.6 is 15.9 Å². The number of hydrogen-bond donors (Lipinski definition) is 0. The average Bonchev–Trinajstić information content (AvgIpc) is 3.05. The van der Waals surface area contributed by atoms with Crippen LogP contribution in [0.2, 0.25) is 0 Å². The van der Waals surface area contributed by atoms with Gasteiger partial charge in [-0.3, -0.25) is 14.7 Å². The first-order chi connectivity index (χ1) is 13.7. The van der Waals surface area contributed by atoms with Gasteiger partial charge in [-0.2, -0.15) is 0 Å². The molecule has 3 aromatic rings. The van der Waals surface area contributed by atoms with Gasteiger partial charge in [0, 0.05) is 11.8 Å². The number of hydrogen-bond acceptors (Lipinski definition) is 3. The van der Waals surface area contributed by atoms with Crippen LogP contribution in [0.4, 0.5) is 5.69 Å². The second-order valence-electron chi connectivity index (χ2n) is 6.24. The van der Waals surface area contributed by atoms with Gasteiger partial charge in [-0.15, -0.1) is 0 Å². The first-order valence-electron chi connectivity index (χ1n) is 8.74. The number of ether oxygens (including phenoxy) is 1. The van der Waals surface area contributed by atoms with Crippen LogP contribution in [-0.2, 0) is 4.79 Å². The Morgan fingerprint density at radius 3 is 2.57 bits per heavy atom. The van der Waals surface area contributed by atoms with Crippen LogP contribution in [0.3, 0.4) is 0 Å². The van der Waals surface area contributed by atoms with Crippen molar-refractivity contribution in [3.05, 3.63) is 100 Å². The minimum atomic E-state index is -0.0845. The lowest BCUT2D eigenvalue weighted by Gasteiger charge is -2.20. The third kappa shape index (κ3) is 3.49. The Morgan fingerprint density at radius 1 is 1.07 bits per heavy atom. The van der Waals surface area contributed by atoms with Crippen LogP contribution in [-0.4, -0.2) is 18.0 Å². The Kier molecular flexibility index (Phi) is 5.08. The molecule has 0 saturated carbocycles. The first-order valence-corrected chi connectivity index (χ1v) is 9.53. The predicted octanol–water partition coefficient (Wildman–Crippen LogP) is 5.32. The number of methoxy groups -OCH3 is 1. The lowest BCUT2D eigenvalue weighted by atomic mass is 10.1. The highest BCUT2D eigenvalue weighted by Gasteiger charge is 2.30. The molecule has 2 heterocycles. The van der Waals surface area contributed by atoms with Gasteiger partial charge in [-0.1, -0.05) is 36.4 Å². The van der Waals surface area contributed by atoms with Crippen molar-refractivity contribution in [1.82, 2.24) is 4.98 Å². The number of pyridine rings is 1. The van der Waals surface area contributed by atoms with E-state index in [1.165, 1.54) is 0 Å². The van der Waals surface area contributed by atoms with Crippen molar-refractivity contribution >= 4 is 39.3 Å². The van der Waals surface area contributed by atoms with Gasteiger partial charge >= 0.3 is 0 Å². The first kappa shape index (κ1) is 18.2. The fourth-order valence-corrected chi connectivity index (χ4v) is 3.69. The van der Waals surface area contributed by atoms with Gasteiger partial charge in [0.15, 0.2) is 0 Å². The molecular formula is C23H17BrN2O2. The molecule has 0 bridgehead atoms. The van der Waals surface area contributed by atoms with E-state index in [0.29, 0.717) is 5.57 Å². The van der Waals surface area contributed by atoms with Crippen molar-refractivity contribution in [2.75, 3.05) is 12.0 Å². The normalized spacial score (nSPS) is 15.1. The number of halogens is 1. The highest BCUT2D eigenvalue weighted by atomic mass is 79.9. The van der Waals surface area contributed by atoms with E-state index in [2.05, 4.69) is 20.9 Å². The minimum Gasteiger partial charge on any atom is -0.496 e. The lowest BCUT2D eigenvalue weighted by molar-refractivity contribution is -0.113. The summed E-state index contributed by atoms with van der Waals surface area (Å²) in [6, 6.07) is 19.3. The second-order valence-corrected chi connectivity index (χ2v) is 7.10. The molecule has 1 aliphatic heterocycles. The van der Waals surface area contributed by atoms with E-state index in [4.69, 9.17) is 4.74 Å². The monoisotopic (exact) mass is 432 g/mol. The largest absolute Gasteiger partial charge is 0.496 e. The molecule has 5 heteroatoms. The van der Waals surface area contributed by atoms with Gasteiger partial charge in [0.25, 0.3) is 5.91 Å². The summed E-state index contributed by atoms with van der Waals surface area (Å²) in [6.07, 6.45) is 7.19. The molecule has 1 aromatic heterocycles. The van der Waals surface area contributed by atoms with Crippen molar-refractivity contribution in [2.45, 2.75) is 0 Å². The number of carbonyl (C=O) groups is 1. The second kappa shape index (κ2) is 7.82. The van der Waals surface area contributed by atoms with Gasteiger partial charge in [-0.25, -0.2) is 0 Å². The maximum Gasteiger partial charge on any atom is 0.263 e. The summed E-state index contributed by atoms with van der Waals surface area (Å²) in [4.78, 5) is 19.1. The van der Waals surface area contributed by atoms with Crippen LogP contribution in [0.5, 0.6) is 5.75 Å². The highest BCUT2D eigenvalue weighted by Crippen LogP contribution is 2.35. The Bertz CT molecular complexity index is 1080. The summed E-state index contributed by atoms with van der Waals surface area (Å²) >= 11 is 3.50. The Labute approximate surface area is 171 Å². The Hall–Kier alpha value is -3.18. The lowest BCUT2D eigenvalue weighted by Crippen LogP contribution is -2.25. The molecular weight excluding hydrogens is 416 g/mol. The van der Waals surface area contributed by atoms with Crippen molar-refractivity contribution < 1.29 is 9.53 Å². The van der Waals surface area contributed by atoms with Gasteiger partial charge in [0.1, 0.15) is 5.75 Å². The average molecular weight is 433 g/mol. The maximum atomic E-state index is 13.2. The van der Waals surface area contributed by atoms with E-state index in [0.717, 1.165) is 32.7 Å².